The van der Waals surface area contributed by atoms with Gasteiger partial charge in [-0.2, -0.15) is 0 Å². The summed E-state index contributed by atoms with van der Waals surface area (Å²) in [7, 11) is 6.50. The Kier molecular flexibility index (Phi) is 12.9. The van der Waals surface area contributed by atoms with Crippen molar-refractivity contribution in [3.63, 3.8) is 0 Å². The van der Waals surface area contributed by atoms with Gasteiger partial charge < -0.3 is 30.0 Å². The number of anilines is 3. The molecule has 0 saturated heterocycles. The van der Waals surface area contributed by atoms with Gasteiger partial charge in [-0.05, 0) is 67.6 Å². The number of methoxy groups -OCH3 is 4. The van der Waals surface area contributed by atoms with Crippen LogP contribution in [0.15, 0.2) is 158 Å². The lowest BCUT2D eigenvalue weighted by atomic mass is 10.0. The molecular formula is C53H44F2N6O4. The Hall–Kier alpha value is -8.38. The van der Waals surface area contributed by atoms with Crippen LogP contribution in [0, 0.1) is 18.6 Å². The molecule has 0 aliphatic carbocycles. The lowest BCUT2D eigenvalue weighted by Crippen LogP contribution is -2.04. The monoisotopic (exact) mass is 866 g/mol. The van der Waals surface area contributed by atoms with Gasteiger partial charge in [0.2, 0.25) is 0 Å². The van der Waals surface area contributed by atoms with E-state index in [1.807, 2.05) is 128 Å². The Morgan fingerprint density at radius 3 is 1.55 bits per heavy atom. The number of hydrogen-bond acceptors (Lipinski definition) is 10. The van der Waals surface area contributed by atoms with Gasteiger partial charge in [-0.15, -0.1) is 0 Å². The summed E-state index contributed by atoms with van der Waals surface area (Å²) in [6, 6.07) is 42.0. The number of aromatic nitrogens is 4. The van der Waals surface area contributed by atoms with Gasteiger partial charge in [-0.25, -0.2) is 13.8 Å². The van der Waals surface area contributed by atoms with Gasteiger partial charge in [0.1, 0.15) is 34.6 Å². The molecule has 0 bridgehead atoms. The topological polar surface area (TPSA) is 127 Å². The molecule has 0 unspecified atom stereocenters. The number of nitrogen functional groups attached to an aromatic ring is 1. The van der Waals surface area contributed by atoms with Crippen LogP contribution in [0.1, 0.15) is 5.56 Å². The molecule has 0 radical (unpaired) electrons. The maximum atomic E-state index is 15.5. The maximum Gasteiger partial charge on any atom is 0.137 e. The second-order valence-corrected chi connectivity index (χ2v) is 14.7. The van der Waals surface area contributed by atoms with Crippen LogP contribution in [0.4, 0.5) is 25.8 Å². The quantitative estimate of drug-likeness (QED) is 0.130. The first-order chi connectivity index (χ1) is 31.7. The van der Waals surface area contributed by atoms with E-state index < -0.39 is 11.6 Å². The van der Waals surface area contributed by atoms with Gasteiger partial charge >= 0.3 is 0 Å². The van der Waals surface area contributed by atoms with Crippen LogP contribution in [0.3, 0.4) is 0 Å². The highest BCUT2D eigenvalue weighted by molar-refractivity contribution is 6.00. The van der Waals surface area contributed by atoms with E-state index in [0.717, 1.165) is 50.9 Å². The molecule has 4 aromatic heterocycles. The summed E-state index contributed by atoms with van der Waals surface area (Å²) >= 11 is 0. The van der Waals surface area contributed by atoms with Gasteiger partial charge in [0.05, 0.1) is 79.2 Å². The minimum absolute atomic E-state index is 0.155. The van der Waals surface area contributed by atoms with Crippen LogP contribution in [0.5, 0.6) is 23.0 Å². The van der Waals surface area contributed by atoms with Gasteiger partial charge in [-0.3, -0.25) is 15.0 Å². The van der Waals surface area contributed by atoms with E-state index in [9.17, 15) is 4.39 Å². The zero-order valence-electron chi connectivity index (χ0n) is 36.3. The fraction of sp³-hybridized carbons (Fsp3) is 0.0943. The van der Waals surface area contributed by atoms with Crippen molar-refractivity contribution in [1.29, 1.82) is 0 Å². The zero-order chi connectivity index (χ0) is 45.5. The lowest BCUT2D eigenvalue weighted by molar-refractivity contribution is 0.416. The lowest BCUT2D eigenvalue weighted by Gasteiger charge is -2.20. The Balaban J connectivity index is 0.000000211. The molecule has 0 fully saturated rings. The summed E-state index contributed by atoms with van der Waals surface area (Å²) in [5.74, 6) is 1.39. The number of nitrogens with zero attached hydrogens (tertiary/aromatic N) is 4. The van der Waals surface area contributed by atoms with Crippen LogP contribution < -0.4 is 30.0 Å². The van der Waals surface area contributed by atoms with Crippen LogP contribution >= 0.6 is 0 Å². The van der Waals surface area contributed by atoms with Crippen molar-refractivity contribution in [3.05, 3.63) is 175 Å². The first kappa shape index (κ1) is 43.3. The fourth-order valence-electron chi connectivity index (χ4n) is 7.67. The molecule has 0 saturated carbocycles. The molecule has 5 aromatic carbocycles. The Labute approximate surface area is 375 Å². The Morgan fingerprint density at radius 1 is 0.523 bits per heavy atom. The van der Waals surface area contributed by atoms with Crippen molar-refractivity contribution in [1.82, 2.24) is 19.9 Å². The SMILES string of the molecule is COc1ccccc1-c1cnc(-c2ccccc2OC)c(N)c1.COc1ccccc1-c1cnc(-c2ccccc2OC)c(Nc2c(C)c(-c3ccccn3)nc3cc(F)cc(F)c23)c1. The molecule has 10 nitrogen and oxygen atoms in total. The largest absolute Gasteiger partial charge is 0.496 e. The third kappa shape index (κ3) is 8.96. The third-order valence-corrected chi connectivity index (χ3v) is 10.8. The highest BCUT2D eigenvalue weighted by atomic mass is 19.1. The molecule has 324 valence electrons. The highest BCUT2D eigenvalue weighted by Gasteiger charge is 2.22. The molecule has 0 amide bonds. The average molecular weight is 867 g/mol. The number of ether oxygens (including phenoxy) is 4. The molecule has 0 aliphatic heterocycles. The molecule has 12 heteroatoms. The van der Waals surface area contributed by atoms with E-state index in [0.29, 0.717) is 56.9 Å². The predicted octanol–water partition coefficient (Wildman–Crippen LogP) is 12.4. The van der Waals surface area contributed by atoms with Crippen molar-refractivity contribution < 1.29 is 27.7 Å². The fourth-order valence-corrected chi connectivity index (χ4v) is 7.67. The van der Waals surface area contributed by atoms with E-state index in [1.54, 1.807) is 53.1 Å². The van der Waals surface area contributed by atoms with Crippen molar-refractivity contribution in [2.75, 3.05) is 39.5 Å². The Morgan fingerprint density at radius 2 is 1.02 bits per heavy atom. The molecular weight excluding hydrogens is 823 g/mol. The third-order valence-electron chi connectivity index (χ3n) is 10.8. The number of nitrogens with one attached hydrogen (secondary N) is 1. The van der Waals surface area contributed by atoms with Gasteiger partial charge in [0.15, 0.2) is 0 Å². The summed E-state index contributed by atoms with van der Waals surface area (Å²) in [5.41, 5.74) is 16.1. The smallest absolute Gasteiger partial charge is 0.137 e. The molecule has 0 atom stereocenters. The number of benzene rings is 5. The Bertz CT molecular complexity index is 3150. The maximum absolute atomic E-state index is 15.5. The standard InChI is InChI=1S/C34H26F2N4O2.C19H18N2O2/c1-20-32(26-12-8-9-15-37-26)39-27-18-22(35)17-25(36)31(27)33(20)40-28-16-21(23-10-4-6-13-29(23)41-2)19-38-34(28)24-11-5-7-14-30(24)42-3;1-22-17-9-5-3-7-14(17)13-11-16(20)19(21-12-13)15-8-4-6-10-18(15)23-2/h4-19H,1-3H3,(H,39,40);3-12H,20H2,1-2H3. The molecule has 0 spiro atoms. The van der Waals surface area contributed by atoms with Crippen molar-refractivity contribution in [2.45, 2.75) is 6.92 Å². The number of fused-ring (bicyclic) bond motifs is 1. The minimum atomic E-state index is -0.733. The minimum Gasteiger partial charge on any atom is -0.496 e. The zero-order valence-corrected chi connectivity index (χ0v) is 36.3. The average Bonchev–Trinajstić information content (AvgIpc) is 3.35. The van der Waals surface area contributed by atoms with E-state index in [2.05, 4.69) is 20.3 Å². The van der Waals surface area contributed by atoms with Gasteiger partial charge in [-0.1, -0.05) is 66.7 Å². The molecule has 9 rings (SSSR count). The van der Waals surface area contributed by atoms with Crippen molar-refractivity contribution in [3.8, 4) is 79.2 Å². The number of para-hydroxylation sites is 4. The number of nitrogens with two attached hydrogens (primary N) is 1. The van der Waals surface area contributed by atoms with E-state index in [-0.39, 0.29) is 10.9 Å². The summed E-state index contributed by atoms with van der Waals surface area (Å²) in [6.07, 6.45) is 5.22. The summed E-state index contributed by atoms with van der Waals surface area (Å²) in [4.78, 5) is 18.5. The van der Waals surface area contributed by atoms with Crippen LogP contribution in [0.25, 0.3) is 67.1 Å². The number of rotatable bonds is 11. The normalized spacial score (nSPS) is 10.8. The number of halogens is 2. The molecule has 65 heavy (non-hydrogen) atoms. The van der Waals surface area contributed by atoms with E-state index in [1.165, 1.54) is 6.07 Å². The molecule has 3 N–H and O–H groups in total. The highest BCUT2D eigenvalue weighted by Crippen LogP contribution is 2.43. The molecule has 9 aromatic rings. The van der Waals surface area contributed by atoms with Crippen LogP contribution in [0.2, 0.25) is 0 Å². The number of hydrogen-bond donors (Lipinski definition) is 2. The molecule has 0 aliphatic rings. The van der Waals surface area contributed by atoms with Crippen molar-refractivity contribution >= 4 is 28.0 Å². The summed E-state index contributed by atoms with van der Waals surface area (Å²) in [6.45, 7) is 1.84. The van der Waals surface area contributed by atoms with Crippen LogP contribution in [-0.2, 0) is 0 Å². The first-order valence-electron chi connectivity index (χ1n) is 20.5. The van der Waals surface area contributed by atoms with Gasteiger partial charge in [0, 0.05) is 69.7 Å². The summed E-state index contributed by atoms with van der Waals surface area (Å²) in [5, 5.41) is 3.62. The predicted molar refractivity (Wildman–Crippen MR) is 254 cm³/mol. The number of pyridine rings is 4. The second kappa shape index (κ2) is 19.3. The molecule has 4 heterocycles. The van der Waals surface area contributed by atoms with Gasteiger partial charge in [0.25, 0.3) is 0 Å². The van der Waals surface area contributed by atoms with Crippen LogP contribution in [-0.4, -0.2) is 48.4 Å². The first-order valence-corrected chi connectivity index (χ1v) is 20.5. The second-order valence-electron chi connectivity index (χ2n) is 14.7. The van der Waals surface area contributed by atoms with Crippen molar-refractivity contribution in [2.24, 2.45) is 0 Å². The summed E-state index contributed by atoms with van der Waals surface area (Å²) < 4.78 is 52.0. The van der Waals surface area contributed by atoms with E-state index >= 15 is 4.39 Å². The van der Waals surface area contributed by atoms with E-state index in [4.69, 9.17) is 29.7 Å².